The molecule has 0 unspecified atom stereocenters. The van der Waals surface area contributed by atoms with Crippen molar-refractivity contribution in [2.45, 2.75) is 13.3 Å². The molecule has 0 radical (unpaired) electrons. The molecule has 1 N–H and O–H groups in total. The van der Waals surface area contributed by atoms with Gasteiger partial charge in [0.05, 0.1) is 11.9 Å². The number of fused-ring (bicyclic) bond motifs is 1. The SMILES string of the molecule is Cc1ccnc(NC(=O)c2cnc3ccc(-c4ccccc4OC(F)(F)F)nn23)n1. The van der Waals surface area contributed by atoms with Crippen molar-refractivity contribution < 1.29 is 22.7 Å². The number of aromatic nitrogens is 5. The van der Waals surface area contributed by atoms with Crippen molar-refractivity contribution in [1.82, 2.24) is 24.6 Å². The molecule has 1 amide bonds. The molecule has 0 bridgehead atoms. The summed E-state index contributed by atoms with van der Waals surface area (Å²) < 4.78 is 43.5. The van der Waals surface area contributed by atoms with Gasteiger partial charge in [-0.1, -0.05) is 12.1 Å². The third-order valence-electron chi connectivity index (χ3n) is 4.00. The van der Waals surface area contributed by atoms with E-state index in [2.05, 4.69) is 30.1 Å². The summed E-state index contributed by atoms with van der Waals surface area (Å²) in [5.41, 5.74) is 1.34. The molecule has 0 saturated carbocycles. The van der Waals surface area contributed by atoms with Crippen LogP contribution in [0.25, 0.3) is 16.9 Å². The third kappa shape index (κ3) is 4.04. The van der Waals surface area contributed by atoms with Gasteiger partial charge in [-0.15, -0.1) is 13.2 Å². The molecule has 30 heavy (non-hydrogen) atoms. The maximum atomic E-state index is 12.7. The largest absolute Gasteiger partial charge is 0.573 e. The van der Waals surface area contributed by atoms with Gasteiger partial charge < -0.3 is 4.74 Å². The Labute approximate surface area is 167 Å². The Morgan fingerprint density at radius 1 is 1.10 bits per heavy atom. The van der Waals surface area contributed by atoms with E-state index in [1.54, 1.807) is 19.1 Å². The first-order valence-corrected chi connectivity index (χ1v) is 8.61. The van der Waals surface area contributed by atoms with Crippen molar-refractivity contribution in [2.24, 2.45) is 0 Å². The Morgan fingerprint density at radius 2 is 1.90 bits per heavy atom. The highest BCUT2D eigenvalue weighted by Crippen LogP contribution is 2.32. The molecule has 0 aliphatic heterocycles. The standard InChI is InChI=1S/C19H13F3N6O2/c1-11-8-9-23-18(25-11)26-17(29)14-10-24-16-7-6-13(27-28(14)16)12-4-2-3-5-15(12)30-19(20,21)22/h2-10H,1H3,(H,23,25,26,29). The molecule has 0 spiro atoms. The zero-order valence-electron chi connectivity index (χ0n) is 15.4. The lowest BCUT2D eigenvalue weighted by Crippen LogP contribution is -2.18. The van der Waals surface area contributed by atoms with Gasteiger partial charge >= 0.3 is 6.36 Å². The summed E-state index contributed by atoms with van der Waals surface area (Å²) in [5, 5.41) is 6.83. The Kier molecular flexibility index (Phi) is 4.78. The van der Waals surface area contributed by atoms with E-state index in [-0.39, 0.29) is 22.9 Å². The molecule has 4 aromatic rings. The van der Waals surface area contributed by atoms with E-state index >= 15 is 0 Å². The monoisotopic (exact) mass is 414 g/mol. The average molecular weight is 414 g/mol. The van der Waals surface area contributed by atoms with Gasteiger partial charge in [0.1, 0.15) is 5.75 Å². The number of alkyl halides is 3. The van der Waals surface area contributed by atoms with Gasteiger partial charge in [0.15, 0.2) is 11.3 Å². The number of hydrogen-bond acceptors (Lipinski definition) is 6. The predicted molar refractivity (Wildman–Crippen MR) is 99.8 cm³/mol. The van der Waals surface area contributed by atoms with Crippen LogP contribution in [0.2, 0.25) is 0 Å². The first-order valence-electron chi connectivity index (χ1n) is 8.61. The molecule has 0 aliphatic rings. The summed E-state index contributed by atoms with van der Waals surface area (Å²) >= 11 is 0. The van der Waals surface area contributed by atoms with Crippen molar-refractivity contribution >= 4 is 17.5 Å². The summed E-state index contributed by atoms with van der Waals surface area (Å²) in [6, 6.07) is 10.3. The fourth-order valence-electron chi connectivity index (χ4n) is 2.74. The quantitative estimate of drug-likeness (QED) is 0.548. The minimum Gasteiger partial charge on any atom is -0.405 e. The van der Waals surface area contributed by atoms with Crippen LogP contribution >= 0.6 is 0 Å². The number of rotatable bonds is 4. The number of carbonyl (C=O) groups is 1. The molecule has 152 valence electrons. The highest BCUT2D eigenvalue weighted by Gasteiger charge is 2.32. The highest BCUT2D eigenvalue weighted by molar-refractivity contribution is 6.02. The molecule has 0 atom stereocenters. The van der Waals surface area contributed by atoms with E-state index in [0.717, 1.165) is 0 Å². The number of halogens is 3. The Hall–Kier alpha value is -4.02. The topological polar surface area (TPSA) is 94.3 Å². The van der Waals surface area contributed by atoms with Gasteiger partial charge in [0.2, 0.25) is 5.95 Å². The van der Waals surface area contributed by atoms with Gasteiger partial charge in [-0.05, 0) is 37.3 Å². The summed E-state index contributed by atoms with van der Waals surface area (Å²) in [4.78, 5) is 24.8. The smallest absolute Gasteiger partial charge is 0.405 e. The first kappa shape index (κ1) is 19.3. The number of nitrogens with one attached hydrogen (secondary N) is 1. The van der Waals surface area contributed by atoms with Crippen molar-refractivity contribution in [3.05, 3.63) is 66.2 Å². The second kappa shape index (κ2) is 7.43. The van der Waals surface area contributed by atoms with Crippen LogP contribution in [0.3, 0.4) is 0 Å². The number of amides is 1. The fourth-order valence-corrected chi connectivity index (χ4v) is 2.74. The molecular formula is C19H13F3N6O2. The number of hydrogen-bond donors (Lipinski definition) is 1. The number of anilines is 1. The summed E-state index contributed by atoms with van der Waals surface area (Å²) in [6.45, 7) is 1.75. The van der Waals surface area contributed by atoms with Crippen LogP contribution in [0.5, 0.6) is 5.75 Å². The minimum atomic E-state index is -4.85. The predicted octanol–water partition coefficient (Wildman–Crippen LogP) is 3.65. The van der Waals surface area contributed by atoms with Gasteiger partial charge in [0, 0.05) is 17.5 Å². The molecule has 3 heterocycles. The summed E-state index contributed by atoms with van der Waals surface area (Å²) in [5.74, 6) is -0.872. The molecular weight excluding hydrogens is 401 g/mol. The number of aryl methyl sites for hydroxylation is 1. The van der Waals surface area contributed by atoms with Gasteiger partial charge in [0.25, 0.3) is 5.91 Å². The van der Waals surface area contributed by atoms with E-state index in [1.807, 2.05) is 0 Å². The Balaban J connectivity index is 1.71. The Bertz CT molecular complexity index is 1240. The first-order chi connectivity index (χ1) is 14.3. The lowest BCUT2D eigenvalue weighted by molar-refractivity contribution is -0.274. The van der Waals surface area contributed by atoms with Crippen LogP contribution in [0.15, 0.2) is 54.9 Å². The molecule has 0 aliphatic carbocycles. The maximum Gasteiger partial charge on any atom is 0.573 e. The molecule has 3 aromatic heterocycles. The zero-order chi connectivity index (χ0) is 21.3. The van der Waals surface area contributed by atoms with E-state index in [4.69, 9.17) is 0 Å². The average Bonchev–Trinajstić information content (AvgIpc) is 3.10. The van der Waals surface area contributed by atoms with E-state index in [9.17, 15) is 18.0 Å². The van der Waals surface area contributed by atoms with Gasteiger partial charge in [-0.3, -0.25) is 10.1 Å². The number of imidazole rings is 1. The summed E-state index contributed by atoms with van der Waals surface area (Å²) in [6.07, 6.45) is -2.05. The number of ether oxygens (including phenoxy) is 1. The number of benzene rings is 1. The van der Waals surface area contributed by atoms with Gasteiger partial charge in [-0.2, -0.15) is 5.10 Å². The number of nitrogens with zero attached hydrogens (tertiary/aromatic N) is 5. The Morgan fingerprint density at radius 3 is 2.67 bits per heavy atom. The molecule has 0 saturated heterocycles. The van der Waals surface area contributed by atoms with Crippen LogP contribution < -0.4 is 10.1 Å². The second-order valence-corrected chi connectivity index (χ2v) is 6.15. The van der Waals surface area contributed by atoms with Crippen molar-refractivity contribution in [1.29, 1.82) is 0 Å². The normalized spacial score (nSPS) is 11.5. The molecule has 4 rings (SSSR count). The number of carbonyl (C=O) groups excluding carboxylic acids is 1. The molecule has 1 aromatic carbocycles. The van der Waals surface area contributed by atoms with E-state index in [0.29, 0.717) is 11.3 Å². The van der Waals surface area contributed by atoms with E-state index < -0.39 is 18.0 Å². The lowest BCUT2D eigenvalue weighted by atomic mass is 10.1. The third-order valence-corrected chi connectivity index (χ3v) is 4.00. The van der Waals surface area contributed by atoms with Gasteiger partial charge in [-0.25, -0.2) is 19.5 Å². The van der Waals surface area contributed by atoms with Crippen molar-refractivity contribution in [3.63, 3.8) is 0 Å². The minimum absolute atomic E-state index is 0.0613. The van der Waals surface area contributed by atoms with Crippen molar-refractivity contribution in [3.8, 4) is 17.0 Å². The lowest BCUT2D eigenvalue weighted by Gasteiger charge is -2.13. The molecule has 8 nitrogen and oxygen atoms in total. The maximum absolute atomic E-state index is 12.7. The fraction of sp³-hybridized carbons (Fsp3) is 0.105. The number of para-hydroxylation sites is 1. The highest BCUT2D eigenvalue weighted by atomic mass is 19.4. The summed E-state index contributed by atoms with van der Waals surface area (Å²) in [7, 11) is 0. The van der Waals surface area contributed by atoms with E-state index in [1.165, 1.54) is 47.2 Å². The van der Waals surface area contributed by atoms with Crippen LogP contribution in [0.1, 0.15) is 16.2 Å². The molecule has 11 heteroatoms. The van der Waals surface area contributed by atoms with Crippen LogP contribution in [-0.2, 0) is 0 Å². The van der Waals surface area contributed by atoms with Crippen LogP contribution in [-0.4, -0.2) is 36.8 Å². The molecule has 0 fully saturated rings. The second-order valence-electron chi connectivity index (χ2n) is 6.15. The zero-order valence-corrected chi connectivity index (χ0v) is 15.4. The van der Waals surface area contributed by atoms with Crippen LogP contribution in [0, 0.1) is 6.92 Å². The van der Waals surface area contributed by atoms with Crippen LogP contribution in [0.4, 0.5) is 19.1 Å². The van der Waals surface area contributed by atoms with Crippen molar-refractivity contribution in [2.75, 3.05) is 5.32 Å².